The van der Waals surface area contributed by atoms with Gasteiger partial charge in [0.15, 0.2) is 5.13 Å². The molecule has 0 radical (unpaired) electrons. The van der Waals surface area contributed by atoms with Gasteiger partial charge >= 0.3 is 0 Å². The van der Waals surface area contributed by atoms with Gasteiger partial charge < -0.3 is 20.3 Å². The Balaban J connectivity index is 1.28. The van der Waals surface area contributed by atoms with Crippen LogP contribution in [0, 0.1) is 0 Å². The van der Waals surface area contributed by atoms with E-state index < -0.39 is 0 Å². The molecule has 0 saturated heterocycles. The van der Waals surface area contributed by atoms with Crippen LogP contribution in [0.15, 0.2) is 30.3 Å². The van der Waals surface area contributed by atoms with Crippen LogP contribution in [0.2, 0.25) is 0 Å². The zero-order valence-corrected chi connectivity index (χ0v) is 16.5. The molecule has 6 nitrogen and oxygen atoms in total. The predicted octanol–water partition coefficient (Wildman–Crippen LogP) is 3.54. The average Bonchev–Trinajstić information content (AvgIpc) is 3.32. The summed E-state index contributed by atoms with van der Waals surface area (Å²) >= 11 is 1.66. The minimum atomic E-state index is -0.147. The first-order chi connectivity index (χ1) is 13.7. The Kier molecular flexibility index (Phi) is 4.56. The molecule has 146 valence electrons. The van der Waals surface area contributed by atoms with E-state index in [0.717, 1.165) is 53.8 Å². The van der Waals surface area contributed by atoms with Crippen molar-refractivity contribution in [2.24, 2.45) is 0 Å². The van der Waals surface area contributed by atoms with E-state index in [-0.39, 0.29) is 12.0 Å². The fraction of sp³-hybridized carbons (Fsp3) is 0.429. The highest BCUT2D eigenvalue weighted by molar-refractivity contribution is 7.15. The normalized spacial score (nSPS) is 22.2. The lowest BCUT2D eigenvalue weighted by molar-refractivity contribution is 0.0731. The van der Waals surface area contributed by atoms with E-state index in [0.29, 0.717) is 24.8 Å². The van der Waals surface area contributed by atoms with Gasteiger partial charge in [-0.3, -0.25) is 4.79 Å². The molecule has 1 amide bonds. The number of carbonyl (C=O) groups is 1. The van der Waals surface area contributed by atoms with E-state index in [9.17, 15) is 9.90 Å². The maximum atomic E-state index is 13.0. The molecule has 3 aromatic rings. The van der Waals surface area contributed by atoms with E-state index in [4.69, 9.17) is 4.98 Å². The maximum absolute atomic E-state index is 13.0. The second-order valence-corrected chi connectivity index (χ2v) is 8.87. The van der Waals surface area contributed by atoms with Crippen molar-refractivity contribution in [3.05, 3.63) is 46.6 Å². The zero-order chi connectivity index (χ0) is 19.1. The summed E-state index contributed by atoms with van der Waals surface area (Å²) in [7, 11) is 0. The highest BCUT2D eigenvalue weighted by Gasteiger charge is 2.27. The first-order valence-corrected chi connectivity index (χ1v) is 10.8. The lowest BCUT2D eigenvalue weighted by atomic mass is 9.93. The number of carbonyl (C=O) groups excluding carboxylic acids is 1. The molecule has 0 spiro atoms. The number of aliphatic hydroxyl groups is 1. The number of hydrogen-bond acceptors (Lipinski definition) is 5. The Hall–Kier alpha value is -2.38. The molecule has 2 aromatic heterocycles. The van der Waals surface area contributed by atoms with Crippen LogP contribution in [-0.2, 0) is 13.0 Å². The van der Waals surface area contributed by atoms with E-state index in [1.807, 2.05) is 35.2 Å². The molecule has 5 rings (SSSR count). The number of amides is 1. The van der Waals surface area contributed by atoms with Gasteiger partial charge in [-0.1, -0.05) is 29.5 Å². The summed E-state index contributed by atoms with van der Waals surface area (Å²) in [6, 6.07) is 10.3. The molecule has 1 aromatic carbocycles. The summed E-state index contributed by atoms with van der Waals surface area (Å²) in [5.74, 6) is 0.0472. The zero-order valence-electron chi connectivity index (χ0n) is 15.6. The first kappa shape index (κ1) is 17.7. The minimum absolute atomic E-state index is 0.0472. The van der Waals surface area contributed by atoms with Gasteiger partial charge in [-0.2, -0.15) is 0 Å². The number of rotatable bonds is 3. The van der Waals surface area contributed by atoms with Gasteiger partial charge in [0.25, 0.3) is 5.91 Å². The molecule has 0 unspecified atom stereocenters. The van der Waals surface area contributed by atoms with Crippen LogP contribution >= 0.6 is 11.3 Å². The third-order valence-corrected chi connectivity index (χ3v) is 6.82. The Morgan fingerprint density at radius 3 is 2.89 bits per heavy atom. The van der Waals surface area contributed by atoms with Crippen molar-refractivity contribution in [1.29, 1.82) is 0 Å². The lowest BCUT2D eigenvalue weighted by Gasteiger charge is -2.25. The van der Waals surface area contributed by atoms with Crippen molar-refractivity contribution in [2.45, 2.75) is 50.8 Å². The molecule has 1 aliphatic carbocycles. The largest absolute Gasteiger partial charge is 0.393 e. The molecule has 1 fully saturated rings. The van der Waals surface area contributed by atoms with Crippen molar-refractivity contribution in [2.75, 3.05) is 11.9 Å². The maximum Gasteiger partial charge on any atom is 0.270 e. The van der Waals surface area contributed by atoms with Crippen LogP contribution in [0.3, 0.4) is 0 Å². The van der Waals surface area contributed by atoms with E-state index >= 15 is 0 Å². The molecule has 0 bridgehead atoms. The van der Waals surface area contributed by atoms with Gasteiger partial charge in [0, 0.05) is 34.8 Å². The summed E-state index contributed by atoms with van der Waals surface area (Å²) in [5, 5.41) is 15.2. The lowest BCUT2D eigenvalue weighted by Crippen LogP contribution is -2.35. The average molecular weight is 397 g/mol. The second-order valence-electron chi connectivity index (χ2n) is 7.79. The van der Waals surface area contributed by atoms with Crippen LogP contribution in [0.1, 0.15) is 46.7 Å². The third kappa shape index (κ3) is 3.40. The number of aromatic nitrogens is 2. The summed E-state index contributed by atoms with van der Waals surface area (Å²) in [6.07, 6.45) is 4.33. The number of aromatic amines is 1. The topological polar surface area (TPSA) is 81.2 Å². The number of fused-ring (bicyclic) bond motifs is 2. The predicted molar refractivity (Wildman–Crippen MR) is 111 cm³/mol. The van der Waals surface area contributed by atoms with Gasteiger partial charge in [0.2, 0.25) is 0 Å². The first-order valence-electron chi connectivity index (χ1n) is 9.96. The fourth-order valence-electron chi connectivity index (χ4n) is 4.18. The van der Waals surface area contributed by atoms with E-state index in [2.05, 4.69) is 10.3 Å². The number of hydrogen-bond donors (Lipinski definition) is 3. The number of nitrogens with zero attached hydrogens (tertiary/aromatic N) is 2. The molecule has 0 atom stereocenters. The summed E-state index contributed by atoms with van der Waals surface area (Å²) in [6.45, 7) is 1.31. The number of anilines is 1. The third-order valence-electron chi connectivity index (χ3n) is 5.80. The Labute approximate surface area is 167 Å². The van der Waals surface area contributed by atoms with E-state index in [1.54, 1.807) is 11.3 Å². The highest BCUT2D eigenvalue weighted by Crippen LogP contribution is 2.31. The van der Waals surface area contributed by atoms with Crippen molar-refractivity contribution in [3.63, 3.8) is 0 Å². The molecule has 28 heavy (non-hydrogen) atoms. The number of nitrogens with one attached hydrogen (secondary N) is 2. The van der Waals surface area contributed by atoms with E-state index in [1.165, 1.54) is 4.88 Å². The monoisotopic (exact) mass is 396 g/mol. The summed E-state index contributed by atoms with van der Waals surface area (Å²) in [5.41, 5.74) is 2.75. The smallest absolute Gasteiger partial charge is 0.270 e. The Morgan fingerprint density at radius 2 is 2.07 bits per heavy atom. The van der Waals surface area contributed by atoms with Crippen molar-refractivity contribution < 1.29 is 9.90 Å². The second kappa shape index (κ2) is 7.22. The number of thiazole rings is 1. The van der Waals surface area contributed by atoms with Crippen molar-refractivity contribution >= 4 is 33.3 Å². The van der Waals surface area contributed by atoms with Gasteiger partial charge in [0.1, 0.15) is 5.69 Å². The van der Waals surface area contributed by atoms with Crippen LogP contribution in [-0.4, -0.2) is 44.6 Å². The number of para-hydroxylation sites is 1. The summed E-state index contributed by atoms with van der Waals surface area (Å²) < 4.78 is 0. The van der Waals surface area contributed by atoms with Gasteiger partial charge in [-0.25, -0.2) is 4.98 Å². The number of H-pyrrole nitrogens is 1. The Morgan fingerprint density at radius 1 is 1.25 bits per heavy atom. The molecule has 3 N–H and O–H groups in total. The van der Waals surface area contributed by atoms with Gasteiger partial charge in [-0.05, 0) is 37.8 Å². The molecule has 3 heterocycles. The molecular formula is C21H24N4O2S. The van der Waals surface area contributed by atoms with Crippen molar-refractivity contribution in [3.8, 4) is 0 Å². The van der Waals surface area contributed by atoms with Crippen LogP contribution in [0.5, 0.6) is 0 Å². The SMILES string of the molecule is O=C(c1cc2ccccc2[nH]1)N1CCc2nc(N[C@H]3CC[C@@H](O)CC3)sc2C1. The van der Waals surface area contributed by atoms with Crippen LogP contribution in [0.4, 0.5) is 5.13 Å². The van der Waals surface area contributed by atoms with Gasteiger partial charge in [-0.15, -0.1) is 0 Å². The number of benzene rings is 1. The van der Waals surface area contributed by atoms with Gasteiger partial charge in [0.05, 0.1) is 18.3 Å². The fourth-order valence-corrected chi connectivity index (χ4v) is 5.28. The molecule has 1 saturated carbocycles. The molecule has 1 aliphatic heterocycles. The van der Waals surface area contributed by atoms with Crippen molar-refractivity contribution in [1.82, 2.24) is 14.9 Å². The minimum Gasteiger partial charge on any atom is -0.393 e. The summed E-state index contributed by atoms with van der Waals surface area (Å²) in [4.78, 5) is 24.1. The molecule has 2 aliphatic rings. The molecular weight excluding hydrogens is 372 g/mol. The Bertz CT molecular complexity index is 970. The number of aliphatic hydroxyl groups excluding tert-OH is 1. The molecule has 7 heteroatoms. The van der Waals surface area contributed by atoms with Crippen LogP contribution < -0.4 is 5.32 Å². The van der Waals surface area contributed by atoms with Crippen LogP contribution in [0.25, 0.3) is 10.9 Å². The quantitative estimate of drug-likeness (QED) is 0.633. The highest BCUT2D eigenvalue weighted by atomic mass is 32.1. The standard InChI is InChI=1S/C21H24N4O2S/c26-15-7-5-14(6-8-15)22-21-24-17-9-10-25(12-19(17)28-21)20(27)18-11-13-3-1-2-4-16(13)23-18/h1-4,11,14-15,23,26H,5-10,12H2,(H,22,24)/t14-,15+.